The Morgan fingerprint density at radius 2 is 2.31 bits per heavy atom. The summed E-state index contributed by atoms with van der Waals surface area (Å²) in [6.07, 6.45) is 2.66. The van der Waals surface area contributed by atoms with E-state index in [2.05, 4.69) is 29.5 Å². The summed E-state index contributed by atoms with van der Waals surface area (Å²) < 4.78 is 0. The minimum Gasteiger partial charge on any atom is -0.311 e. The summed E-state index contributed by atoms with van der Waals surface area (Å²) in [5.41, 5.74) is 1.69. The van der Waals surface area contributed by atoms with Crippen molar-refractivity contribution in [1.29, 1.82) is 0 Å². The molecule has 1 N–H and O–H groups in total. The van der Waals surface area contributed by atoms with Crippen molar-refractivity contribution in [3.05, 3.63) is 16.1 Å². The van der Waals surface area contributed by atoms with Gasteiger partial charge in [-0.05, 0) is 32.2 Å². The van der Waals surface area contributed by atoms with Gasteiger partial charge in [0, 0.05) is 5.38 Å². The molecule has 0 amide bonds. The number of aromatic nitrogens is 1. The number of rotatable bonds is 3. The lowest BCUT2D eigenvalue weighted by Crippen LogP contribution is -2.24. The van der Waals surface area contributed by atoms with Gasteiger partial charge in [-0.15, -0.1) is 11.3 Å². The zero-order chi connectivity index (χ0) is 9.47. The molecule has 3 heteroatoms. The monoisotopic (exact) mass is 196 g/mol. The van der Waals surface area contributed by atoms with Crippen LogP contribution in [0.1, 0.15) is 36.5 Å². The van der Waals surface area contributed by atoms with E-state index in [1.54, 1.807) is 11.3 Å². The average molecular weight is 196 g/mol. The highest BCUT2D eigenvalue weighted by atomic mass is 32.1. The molecule has 1 aliphatic rings. The van der Waals surface area contributed by atoms with Crippen LogP contribution in [0.2, 0.25) is 0 Å². The molecule has 2 nitrogen and oxygen atoms in total. The van der Waals surface area contributed by atoms with Gasteiger partial charge in [-0.2, -0.15) is 0 Å². The van der Waals surface area contributed by atoms with Gasteiger partial charge in [0.25, 0.3) is 0 Å². The summed E-state index contributed by atoms with van der Waals surface area (Å²) in [4.78, 5) is 4.54. The molecule has 1 saturated carbocycles. The Kier molecular flexibility index (Phi) is 2.16. The van der Waals surface area contributed by atoms with Gasteiger partial charge >= 0.3 is 0 Å². The van der Waals surface area contributed by atoms with E-state index >= 15 is 0 Å². The van der Waals surface area contributed by atoms with Crippen molar-refractivity contribution in [2.24, 2.45) is 5.41 Å². The largest absolute Gasteiger partial charge is 0.311 e. The van der Waals surface area contributed by atoms with E-state index in [4.69, 9.17) is 0 Å². The Bertz CT molecular complexity index is 302. The zero-order valence-corrected chi connectivity index (χ0v) is 9.24. The van der Waals surface area contributed by atoms with Gasteiger partial charge in [0.15, 0.2) is 0 Å². The minimum absolute atomic E-state index is 0.456. The van der Waals surface area contributed by atoms with E-state index < -0.39 is 0 Å². The molecule has 0 radical (unpaired) electrons. The van der Waals surface area contributed by atoms with Crippen LogP contribution in [0.4, 0.5) is 0 Å². The van der Waals surface area contributed by atoms with Crippen LogP contribution in [0.15, 0.2) is 5.38 Å². The highest BCUT2D eigenvalue weighted by molar-refractivity contribution is 7.09. The molecule has 0 bridgehead atoms. The predicted molar refractivity (Wildman–Crippen MR) is 56.0 cm³/mol. The molecule has 2 rings (SSSR count). The van der Waals surface area contributed by atoms with Gasteiger partial charge in [-0.25, -0.2) is 4.98 Å². The quantitative estimate of drug-likeness (QED) is 0.803. The van der Waals surface area contributed by atoms with Crippen LogP contribution < -0.4 is 5.32 Å². The van der Waals surface area contributed by atoms with E-state index in [0.29, 0.717) is 11.5 Å². The van der Waals surface area contributed by atoms with Crippen LogP contribution in [0.25, 0.3) is 0 Å². The lowest BCUT2D eigenvalue weighted by Gasteiger charge is -2.20. The number of nitrogens with zero attached hydrogens (tertiary/aromatic N) is 1. The van der Waals surface area contributed by atoms with Crippen LogP contribution in [0.5, 0.6) is 0 Å². The van der Waals surface area contributed by atoms with Crippen LogP contribution in [0.3, 0.4) is 0 Å². The Hall–Kier alpha value is -0.410. The van der Waals surface area contributed by atoms with Crippen molar-refractivity contribution in [2.75, 3.05) is 7.05 Å². The first-order valence-electron chi connectivity index (χ1n) is 4.75. The van der Waals surface area contributed by atoms with Gasteiger partial charge in [0.05, 0.1) is 16.7 Å². The molecule has 0 aromatic carbocycles. The van der Waals surface area contributed by atoms with Crippen molar-refractivity contribution < 1.29 is 0 Å². The van der Waals surface area contributed by atoms with E-state index in [1.807, 2.05) is 7.05 Å². The Morgan fingerprint density at radius 3 is 2.69 bits per heavy atom. The van der Waals surface area contributed by atoms with Crippen LogP contribution in [-0.2, 0) is 0 Å². The molecule has 0 saturated heterocycles. The summed E-state index contributed by atoms with van der Waals surface area (Å²) in [5, 5.41) is 6.73. The highest BCUT2D eigenvalue weighted by Crippen LogP contribution is 2.54. The third-order valence-electron chi connectivity index (χ3n) is 2.96. The highest BCUT2D eigenvalue weighted by Gasteiger charge is 2.45. The maximum absolute atomic E-state index is 4.54. The van der Waals surface area contributed by atoms with Crippen molar-refractivity contribution in [1.82, 2.24) is 10.3 Å². The Labute approximate surface area is 83.4 Å². The van der Waals surface area contributed by atoms with E-state index in [9.17, 15) is 0 Å². The minimum atomic E-state index is 0.456. The first-order valence-corrected chi connectivity index (χ1v) is 5.63. The van der Waals surface area contributed by atoms with Crippen molar-refractivity contribution in [3.63, 3.8) is 0 Å². The van der Waals surface area contributed by atoms with E-state index in [-0.39, 0.29) is 0 Å². The maximum Gasteiger partial charge on any atom is 0.0898 e. The normalized spacial score (nSPS) is 21.5. The third kappa shape index (κ3) is 1.63. The number of hydrogen-bond donors (Lipinski definition) is 1. The van der Waals surface area contributed by atoms with Crippen molar-refractivity contribution in [2.45, 2.75) is 32.7 Å². The average Bonchev–Trinajstić information content (AvgIpc) is 2.67. The SMILES string of the molecule is CNC(c1csc(C)n1)C1(C)CC1. The predicted octanol–water partition coefficient (Wildman–Crippen LogP) is 2.51. The fourth-order valence-corrected chi connectivity index (χ4v) is 2.49. The summed E-state index contributed by atoms with van der Waals surface area (Å²) in [6, 6.07) is 0.456. The lowest BCUT2D eigenvalue weighted by molar-refractivity contribution is 0.383. The van der Waals surface area contributed by atoms with Gasteiger partial charge in [0.1, 0.15) is 0 Å². The van der Waals surface area contributed by atoms with E-state index in [0.717, 1.165) is 0 Å². The molecular weight excluding hydrogens is 180 g/mol. The molecule has 1 atom stereocenters. The first-order chi connectivity index (χ1) is 6.15. The molecule has 13 heavy (non-hydrogen) atoms. The topological polar surface area (TPSA) is 24.9 Å². The molecule has 1 aromatic heterocycles. The maximum atomic E-state index is 4.54. The van der Waals surface area contributed by atoms with Crippen LogP contribution in [-0.4, -0.2) is 12.0 Å². The lowest BCUT2D eigenvalue weighted by atomic mass is 9.97. The Balaban J connectivity index is 2.22. The van der Waals surface area contributed by atoms with Gasteiger partial charge in [0.2, 0.25) is 0 Å². The molecule has 1 heterocycles. The molecule has 0 aliphatic heterocycles. The second kappa shape index (κ2) is 3.07. The molecule has 1 unspecified atom stereocenters. The first kappa shape index (κ1) is 9.16. The number of nitrogens with one attached hydrogen (secondary N) is 1. The number of thiazole rings is 1. The zero-order valence-electron chi connectivity index (χ0n) is 8.42. The van der Waals surface area contributed by atoms with Crippen LogP contribution >= 0.6 is 11.3 Å². The standard InChI is InChI=1S/C10H16N2S/c1-7-12-8(6-13-7)9(11-3)10(2)4-5-10/h6,9,11H,4-5H2,1-3H3. The number of aryl methyl sites for hydroxylation is 1. The third-order valence-corrected chi connectivity index (χ3v) is 3.75. The molecule has 1 aliphatic carbocycles. The summed E-state index contributed by atoms with van der Waals surface area (Å²) in [5.74, 6) is 0. The van der Waals surface area contributed by atoms with Gasteiger partial charge in [-0.3, -0.25) is 0 Å². The molecule has 1 aromatic rings. The smallest absolute Gasteiger partial charge is 0.0898 e. The van der Waals surface area contributed by atoms with Gasteiger partial charge < -0.3 is 5.32 Å². The fourth-order valence-electron chi connectivity index (χ4n) is 1.85. The van der Waals surface area contributed by atoms with Crippen LogP contribution in [0, 0.1) is 12.3 Å². The van der Waals surface area contributed by atoms with Crippen molar-refractivity contribution >= 4 is 11.3 Å². The van der Waals surface area contributed by atoms with E-state index in [1.165, 1.54) is 23.5 Å². The molecule has 0 spiro atoms. The summed E-state index contributed by atoms with van der Waals surface area (Å²) in [6.45, 7) is 4.40. The Morgan fingerprint density at radius 1 is 1.62 bits per heavy atom. The molecule has 72 valence electrons. The van der Waals surface area contributed by atoms with Crippen molar-refractivity contribution in [3.8, 4) is 0 Å². The summed E-state index contributed by atoms with van der Waals surface area (Å²) >= 11 is 1.74. The fraction of sp³-hybridized carbons (Fsp3) is 0.700. The second-order valence-electron chi connectivity index (χ2n) is 4.17. The molecular formula is C10H16N2S. The number of hydrogen-bond acceptors (Lipinski definition) is 3. The van der Waals surface area contributed by atoms with Gasteiger partial charge in [-0.1, -0.05) is 6.92 Å². The second-order valence-corrected chi connectivity index (χ2v) is 5.23. The summed E-state index contributed by atoms with van der Waals surface area (Å²) in [7, 11) is 2.03. The molecule has 1 fully saturated rings.